The average Bonchev–Trinajstić information content (AvgIpc) is 3.07. The fourth-order valence-corrected chi connectivity index (χ4v) is 6.38. The Morgan fingerprint density at radius 2 is 1.74 bits per heavy atom. The molecule has 2 aliphatic rings. The summed E-state index contributed by atoms with van der Waals surface area (Å²) in [6.45, 7) is 7.75. The Morgan fingerprint density at radius 1 is 1.15 bits per heavy atom. The van der Waals surface area contributed by atoms with Crippen LogP contribution in [0.3, 0.4) is 0 Å². The van der Waals surface area contributed by atoms with Gasteiger partial charge in [0.2, 0.25) is 5.91 Å². The number of β-lactam (4-membered cyclic amide) rings is 1. The van der Waals surface area contributed by atoms with Gasteiger partial charge in [-0.1, -0.05) is 38.8 Å². The second kappa shape index (κ2) is 10.5. The molecule has 0 spiro atoms. The first-order valence-electron chi connectivity index (χ1n) is 12.0. The SMILES string of the molecule is CCCCC(CCCC)(Oc1ccccc1OC)C(=O)N[C@@H]1C(=O)N2[C@@H]1SC(C)(C)[C@@H]2C(=O)O. The number of hydrogen-bond acceptors (Lipinski definition) is 6. The second-order valence-corrected chi connectivity index (χ2v) is 11.3. The molecule has 0 aliphatic carbocycles. The van der Waals surface area contributed by atoms with Crippen LogP contribution in [0.5, 0.6) is 11.5 Å². The number of carboxylic acids is 1. The zero-order valence-corrected chi connectivity index (χ0v) is 21.4. The summed E-state index contributed by atoms with van der Waals surface area (Å²) in [6, 6.07) is 5.54. The van der Waals surface area contributed by atoms with Gasteiger partial charge in [0.15, 0.2) is 17.1 Å². The Bertz CT molecular complexity index is 912. The summed E-state index contributed by atoms with van der Waals surface area (Å²) in [6.07, 6.45) is 4.34. The van der Waals surface area contributed by atoms with Crippen molar-refractivity contribution in [1.29, 1.82) is 0 Å². The molecule has 0 unspecified atom stereocenters. The standard InChI is InChI=1S/C25H36N2O6S/c1-6-8-14-25(15-9-7-2,33-17-13-11-10-12-16(17)32-5)23(31)26-18-20(28)27-19(22(29)30)24(3,4)34-21(18)27/h10-13,18-19,21H,6-9,14-15H2,1-5H3,(H,26,31)(H,29,30)/t18-,19+,21-/m1/s1. The minimum absolute atomic E-state index is 0.338. The maximum absolute atomic E-state index is 13.8. The molecule has 188 valence electrons. The van der Waals surface area contributed by atoms with Gasteiger partial charge in [0.25, 0.3) is 5.91 Å². The highest BCUT2D eigenvalue weighted by Gasteiger charge is 2.64. The quantitative estimate of drug-likeness (QED) is 0.427. The first-order valence-corrected chi connectivity index (χ1v) is 12.9. The van der Waals surface area contributed by atoms with E-state index in [0.29, 0.717) is 24.3 Å². The first kappa shape index (κ1) is 26.2. The average molecular weight is 493 g/mol. The van der Waals surface area contributed by atoms with Crippen LogP contribution in [0.4, 0.5) is 0 Å². The number of benzene rings is 1. The van der Waals surface area contributed by atoms with E-state index < -0.39 is 33.8 Å². The molecule has 9 heteroatoms. The topological polar surface area (TPSA) is 105 Å². The van der Waals surface area contributed by atoms with Gasteiger partial charge in [0.1, 0.15) is 17.5 Å². The minimum Gasteiger partial charge on any atom is -0.493 e. The van der Waals surface area contributed by atoms with E-state index in [1.54, 1.807) is 19.2 Å². The molecule has 1 aromatic rings. The van der Waals surface area contributed by atoms with Crippen molar-refractivity contribution in [1.82, 2.24) is 10.2 Å². The Morgan fingerprint density at radius 3 is 2.26 bits per heavy atom. The number of unbranched alkanes of at least 4 members (excludes halogenated alkanes) is 2. The van der Waals surface area contributed by atoms with Crippen LogP contribution in [-0.2, 0) is 14.4 Å². The predicted octanol–water partition coefficient (Wildman–Crippen LogP) is 3.82. The van der Waals surface area contributed by atoms with Crippen molar-refractivity contribution in [3.05, 3.63) is 24.3 Å². The molecule has 0 bridgehead atoms. The number of carboxylic acid groups (broad SMARTS) is 1. The van der Waals surface area contributed by atoms with Crippen molar-refractivity contribution in [2.75, 3.05) is 7.11 Å². The van der Waals surface area contributed by atoms with Crippen molar-refractivity contribution in [3.63, 3.8) is 0 Å². The van der Waals surface area contributed by atoms with Crippen molar-refractivity contribution >= 4 is 29.5 Å². The third kappa shape index (κ3) is 4.85. The van der Waals surface area contributed by atoms with Gasteiger partial charge < -0.3 is 24.8 Å². The Hall–Kier alpha value is -2.42. The van der Waals surface area contributed by atoms with Crippen LogP contribution in [-0.4, -0.2) is 62.7 Å². The summed E-state index contributed by atoms with van der Waals surface area (Å²) in [4.78, 5) is 40.0. The lowest BCUT2D eigenvalue weighted by Gasteiger charge is -2.45. The maximum atomic E-state index is 13.8. The second-order valence-electron chi connectivity index (χ2n) is 9.50. The van der Waals surface area contributed by atoms with E-state index in [0.717, 1.165) is 25.7 Å². The predicted molar refractivity (Wildman–Crippen MR) is 131 cm³/mol. The lowest BCUT2D eigenvalue weighted by atomic mass is 9.88. The number of carbonyl (C=O) groups excluding carboxylic acids is 2. The van der Waals surface area contributed by atoms with E-state index in [-0.39, 0.29) is 11.8 Å². The Kier molecular flexibility index (Phi) is 8.06. The summed E-state index contributed by atoms with van der Waals surface area (Å²) in [7, 11) is 1.56. The molecule has 2 N–H and O–H groups in total. The highest BCUT2D eigenvalue weighted by Crippen LogP contribution is 2.51. The number of ether oxygens (including phenoxy) is 2. The zero-order valence-electron chi connectivity index (χ0n) is 20.6. The normalized spacial score (nSPS) is 23.1. The fraction of sp³-hybridized carbons (Fsp3) is 0.640. The molecule has 2 heterocycles. The minimum atomic E-state index is -1.16. The number of methoxy groups -OCH3 is 1. The number of nitrogens with zero attached hydrogens (tertiary/aromatic N) is 1. The van der Waals surface area contributed by atoms with Crippen LogP contribution in [0.1, 0.15) is 66.2 Å². The van der Waals surface area contributed by atoms with Crippen LogP contribution >= 0.6 is 11.8 Å². The van der Waals surface area contributed by atoms with Crippen molar-refractivity contribution in [3.8, 4) is 11.5 Å². The van der Waals surface area contributed by atoms with Gasteiger partial charge >= 0.3 is 5.97 Å². The molecule has 0 saturated carbocycles. The van der Waals surface area contributed by atoms with Gasteiger partial charge in [-0.3, -0.25) is 9.59 Å². The van der Waals surface area contributed by atoms with E-state index in [2.05, 4.69) is 19.2 Å². The molecule has 1 aromatic carbocycles. The molecular weight excluding hydrogens is 456 g/mol. The Balaban J connectivity index is 1.88. The van der Waals surface area contributed by atoms with Gasteiger partial charge in [-0.05, 0) is 51.7 Å². The number of nitrogens with one attached hydrogen (secondary N) is 1. The number of carbonyl (C=O) groups is 3. The number of para-hydroxylation sites is 2. The summed E-state index contributed by atoms with van der Waals surface area (Å²) in [5.74, 6) is -0.707. The first-order chi connectivity index (χ1) is 16.1. The molecule has 2 fully saturated rings. The van der Waals surface area contributed by atoms with Crippen LogP contribution in [0.25, 0.3) is 0 Å². The molecule has 2 aliphatic heterocycles. The van der Waals surface area contributed by atoms with Gasteiger partial charge in [-0.2, -0.15) is 0 Å². The van der Waals surface area contributed by atoms with E-state index in [4.69, 9.17) is 9.47 Å². The maximum Gasteiger partial charge on any atom is 0.327 e. The molecule has 3 atom stereocenters. The fourth-order valence-electron chi connectivity index (χ4n) is 4.76. The van der Waals surface area contributed by atoms with E-state index in [1.165, 1.54) is 16.7 Å². The van der Waals surface area contributed by atoms with Crippen LogP contribution < -0.4 is 14.8 Å². The summed E-state index contributed by atoms with van der Waals surface area (Å²) in [5.41, 5.74) is -1.16. The van der Waals surface area contributed by atoms with Crippen LogP contribution in [0.15, 0.2) is 24.3 Å². The number of thioether (sulfide) groups is 1. The molecule has 3 rings (SSSR count). The third-order valence-electron chi connectivity index (χ3n) is 6.62. The number of amides is 2. The summed E-state index contributed by atoms with van der Waals surface area (Å²) < 4.78 is 11.2. The molecule has 0 aromatic heterocycles. The van der Waals surface area contributed by atoms with E-state index >= 15 is 0 Å². The summed E-state index contributed by atoms with van der Waals surface area (Å²) in [5, 5.41) is 12.2. The highest BCUT2D eigenvalue weighted by molar-refractivity contribution is 8.01. The molecule has 34 heavy (non-hydrogen) atoms. The van der Waals surface area contributed by atoms with Gasteiger partial charge in [0, 0.05) is 4.75 Å². The molecule has 2 amide bonds. The van der Waals surface area contributed by atoms with Crippen molar-refractivity contribution in [2.24, 2.45) is 0 Å². The molecule has 2 saturated heterocycles. The molecular formula is C25H36N2O6S. The number of fused-ring (bicyclic) bond motifs is 1. The zero-order chi connectivity index (χ0) is 25.1. The van der Waals surface area contributed by atoms with Crippen LogP contribution in [0, 0.1) is 0 Å². The van der Waals surface area contributed by atoms with E-state index in [1.807, 2.05) is 26.0 Å². The van der Waals surface area contributed by atoms with Gasteiger partial charge in [-0.15, -0.1) is 11.8 Å². The van der Waals surface area contributed by atoms with Crippen molar-refractivity contribution in [2.45, 2.75) is 94.0 Å². The van der Waals surface area contributed by atoms with Crippen LogP contribution in [0.2, 0.25) is 0 Å². The number of hydrogen-bond donors (Lipinski definition) is 2. The number of rotatable bonds is 12. The van der Waals surface area contributed by atoms with Gasteiger partial charge in [0.05, 0.1) is 7.11 Å². The molecule has 8 nitrogen and oxygen atoms in total. The number of aliphatic carboxylic acids is 1. The summed E-state index contributed by atoms with van der Waals surface area (Å²) >= 11 is 1.41. The monoisotopic (exact) mass is 492 g/mol. The lowest BCUT2D eigenvalue weighted by Crippen LogP contribution is -2.72. The largest absolute Gasteiger partial charge is 0.493 e. The van der Waals surface area contributed by atoms with Gasteiger partial charge in [-0.25, -0.2) is 4.79 Å². The third-order valence-corrected chi connectivity index (χ3v) is 8.19. The lowest BCUT2D eigenvalue weighted by molar-refractivity contribution is -0.162. The highest BCUT2D eigenvalue weighted by atomic mass is 32.2. The smallest absolute Gasteiger partial charge is 0.327 e. The molecule has 0 radical (unpaired) electrons. The van der Waals surface area contributed by atoms with Crippen molar-refractivity contribution < 1.29 is 29.0 Å². The Labute approximate surface area is 205 Å². The van der Waals surface area contributed by atoms with E-state index in [9.17, 15) is 19.5 Å².